The van der Waals surface area contributed by atoms with Crippen molar-refractivity contribution in [3.8, 4) is 0 Å². The average Bonchev–Trinajstić information content (AvgIpc) is 2.55. The number of carbonyl (C=O) groups is 1. The van der Waals surface area contributed by atoms with Gasteiger partial charge in [0.2, 0.25) is 5.91 Å². The molecule has 2 aromatic rings. The highest BCUT2D eigenvalue weighted by atomic mass is 79.9. The van der Waals surface area contributed by atoms with E-state index in [0.717, 1.165) is 10.1 Å². The van der Waals surface area contributed by atoms with Crippen molar-refractivity contribution in [2.24, 2.45) is 0 Å². The van der Waals surface area contributed by atoms with Crippen molar-refractivity contribution in [1.29, 1.82) is 0 Å². The third-order valence-corrected chi connectivity index (χ3v) is 4.33. The standard InChI is InChI=1S/C15H14BrFN4O3.ClH/c16-10-6-21(15(24)20-14(10)23)7-12(22)19-11-2-1-8-5-18-4-3-9(8)13(11)17;/h1-2,6,18H,3-5,7H2,(H,19,22)(H,20,23,24);1H. The number of aromatic amines is 1. The Hall–Kier alpha value is -1.97. The number of anilines is 1. The van der Waals surface area contributed by atoms with Gasteiger partial charge in [0, 0.05) is 12.7 Å². The van der Waals surface area contributed by atoms with Crippen molar-refractivity contribution in [2.45, 2.75) is 19.5 Å². The molecule has 0 aliphatic carbocycles. The average molecular weight is 434 g/mol. The van der Waals surface area contributed by atoms with Crippen LogP contribution < -0.4 is 21.9 Å². The van der Waals surface area contributed by atoms with Gasteiger partial charge in [0.05, 0.1) is 10.2 Å². The fraction of sp³-hybridized carbons (Fsp3) is 0.267. The number of hydrogen-bond donors (Lipinski definition) is 3. The molecule has 134 valence electrons. The van der Waals surface area contributed by atoms with E-state index in [1.807, 2.05) is 0 Å². The number of nitrogens with zero attached hydrogens (tertiary/aromatic N) is 1. The second kappa shape index (κ2) is 7.94. The van der Waals surface area contributed by atoms with Gasteiger partial charge in [-0.15, -0.1) is 12.4 Å². The Kier molecular flexibility index (Phi) is 6.15. The molecular formula is C15H15BrClFN4O3. The SMILES string of the molecule is Cl.O=C(Cn1cc(Br)c(=O)[nH]c1=O)Nc1ccc2c(c1F)CCNC2. The van der Waals surface area contributed by atoms with Gasteiger partial charge in [-0.05, 0) is 46.1 Å². The topological polar surface area (TPSA) is 96.0 Å². The van der Waals surface area contributed by atoms with Crippen molar-refractivity contribution in [2.75, 3.05) is 11.9 Å². The van der Waals surface area contributed by atoms with Crippen LogP contribution in [0, 0.1) is 5.82 Å². The van der Waals surface area contributed by atoms with Gasteiger partial charge in [-0.2, -0.15) is 0 Å². The number of carbonyl (C=O) groups excluding carboxylic acids is 1. The second-order valence-electron chi connectivity index (χ2n) is 5.40. The van der Waals surface area contributed by atoms with E-state index < -0.39 is 23.0 Å². The van der Waals surface area contributed by atoms with E-state index in [2.05, 4.69) is 31.5 Å². The van der Waals surface area contributed by atoms with Gasteiger partial charge in [0.15, 0.2) is 0 Å². The molecule has 1 aromatic heterocycles. The molecule has 7 nitrogen and oxygen atoms in total. The molecule has 3 N–H and O–H groups in total. The van der Waals surface area contributed by atoms with Crippen LogP contribution in [0.2, 0.25) is 0 Å². The lowest BCUT2D eigenvalue weighted by Crippen LogP contribution is -2.33. The van der Waals surface area contributed by atoms with Gasteiger partial charge in [-0.3, -0.25) is 19.1 Å². The molecule has 25 heavy (non-hydrogen) atoms. The van der Waals surface area contributed by atoms with Crippen LogP contribution in [0.25, 0.3) is 0 Å². The summed E-state index contributed by atoms with van der Waals surface area (Å²) in [5.74, 6) is -1.01. The predicted molar refractivity (Wildman–Crippen MR) is 96.7 cm³/mol. The lowest BCUT2D eigenvalue weighted by atomic mass is 9.99. The highest BCUT2D eigenvalue weighted by Gasteiger charge is 2.17. The molecule has 1 aliphatic rings. The van der Waals surface area contributed by atoms with Crippen molar-refractivity contribution >= 4 is 39.9 Å². The molecule has 0 saturated heterocycles. The van der Waals surface area contributed by atoms with E-state index in [0.29, 0.717) is 25.1 Å². The Balaban J connectivity index is 0.00000225. The highest BCUT2D eigenvalue weighted by molar-refractivity contribution is 9.10. The highest BCUT2D eigenvalue weighted by Crippen LogP contribution is 2.24. The number of fused-ring (bicyclic) bond motifs is 1. The first kappa shape index (κ1) is 19.4. The Morgan fingerprint density at radius 3 is 2.88 bits per heavy atom. The summed E-state index contributed by atoms with van der Waals surface area (Å²) in [5, 5.41) is 5.62. The number of nitrogens with one attached hydrogen (secondary N) is 3. The molecule has 0 radical (unpaired) electrons. The summed E-state index contributed by atoms with van der Waals surface area (Å²) in [7, 11) is 0. The van der Waals surface area contributed by atoms with Gasteiger partial charge in [-0.25, -0.2) is 9.18 Å². The Bertz CT molecular complexity index is 928. The quantitative estimate of drug-likeness (QED) is 0.676. The fourth-order valence-electron chi connectivity index (χ4n) is 2.57. The molecule has 0 spiro atoms. The van der Waals surface area contributed by atoms with E-state index in [1.165, 1.54) is 12.3 Å². The van der Waals surface area contributed by atoms with Crippen molar-refractivity contribution in [1.82, 2.24) is 14.9 Å². The Morgan fingerprint density at radius 1 is 1.36 bits per heavy atom. The molecule has 3 rings (SSSR count). The molecule has 0 atom stereocenters. The number of H-pyrrole nitrogens is 1. The molecular weight excluding hydrogens is 419 g/mol. The molecule has 1 aromatic carbocycles. The number of halogens is 3. The summed E-state index contributed by atoms with van der Waals surface area (Å²) in [4.78, 5) is 37.1. The van der Waals surface area contributed by atoms with Crippen LogP contribution >= 0.6 is 28.3 Å². The maximum Gasteiger partial charge on any atom is 0.328 e. The van der Waals surface area contributed by atoms with Crippen molar-refractivity contribution in [3.63, 3.8) is 0 Å². The monoisotopic (exact) mass is 432 g/mol. The molecule has 0 unspecified atom stereocenters. The van der Waals surface area contributed by atoms with E-state index in [4.69, 9.17) is 0 Å². The Labute approximate surface area is 156 Å². The smallest absolute Gasteiger partial charge is 0.322 e. The molecule has 1 amide bonds. The van der Waals surface area contributed by atoms with Crippen LogP contribution in [0.3, 0.4) is 0 Å². The lowest BCUT2D eigenvalue weighted by molar-refractivity contribution is -0.116. The molecule has 10 heteroatoms. The lowest BCUT2D eigenvalue weighted by Gasteiger charge is -2.19. The first-order valence-corrected chi connectivity index (χ1v) is 8.05. The predicted octanol–water partition coefficient (Wildman–Crippen LogP) is 1.14. The van der Waals surface area contributed by atoms with E-state index >= 15 is 0 Å². The van der Waals surface area contributed by atoms with Crippen LogP contribution in [0.5, 0.6) is 0 Å². The number of hydrogen-bond acceptors (Lipinski definition) is 4. The van der Waals surface area contributed by atoms with Gasteiger partial charge in [-0.1, -0.05) is 6.07 Å². The third kappa shape index (κ3) is 4.17. The maximum absolute atomic E-state index is 14.5. The van der Waals surface area contributed by atoms with Crippen molar-refractivity contribution < 1.29 is 9.18 Å². The van der Waals surface area contributed by atoms with E-state index in [9.17, 15) is 18.8 Å². The zero-order chi connectivity index (χ0) is 17.3. The number of rotatable bonds is 3. The molecule has 1 aliphatic heterocycles. The Morgan fingerprint density at radius 2 is 2.12 bits per heavy atom. The van der Waals surface area contributed by atoms with Crippen LogP contribution in [-0.4, -0.2) is 22.0 Å². The molecule has 2 heterocycles. The van der Waals surface area contributed by atoms with Crippen LogP contribution in [-0.2, 0) is 24.3 Å². The number of benzene rings is 1. The minimum Gasteiger partial charge on any atom is -0.322 e. The first-order chi connectivity index (χ1) is 11.5. The normalized spacial score (nSPS) is 12.9. The summed E-state index contributed by atoms with van der Waals surface area (Å²) in [6.07, 6.45) is 1.77. The molecule has 0 saturated carbocycles. The minimum atomic E-state index is -0.713. The van der Waals surface area contributed by atoms with Crippen LogP contribution in [0.15, 0.2) is 32.4 Å². The van der Waals surface area contributed by atoms with Gasteiger partial charge in [0.1, 0.15) is 12.4 Å². The van der Waals surface area contributed by atoms with Crippen LogP contribution in [0.1, 0.15) is 11.1 Å². The second-order valence-corrected chi connectivity index (χ2v) is 6.26. The number of aromatic nitrogens is 2. The van der Waals surface area contributed by atoms with Crippen LogP contribution in [0.4, 0.5) is 10.1 Å². The first-order valence-electron chi connectivity index (χ1n) is 7.26. The zero-order valence-electron chi connectivity index (χ0n) is 12.9. The molecule has 0 fully saturated rings. The maximum atomic E-state index is 14.5. The summed E-state index contributed by atoms with van der Waals surface area (Å²) in [6, 6.07) is 3.27. The molecule has 0 bridgehead atoms. The van der Waals surface area contributed by atoms with Gasteiger partial charge >= 0.3 is 5.69 Å². The van der Waals surface area contributed by atoms with Gasteiger partial charge < -0.3 is 10.6 Å². The summed E-state index contributed by atoms with van der Waals surface area (Å²) >= 11 is 2.99. The summed E-state index contributed by atoms with van der Waals surface area (Å²) in [6.45, 7) is 0.940. The van der Waals surface area contributed by atoms with E-state index in [1.54, 1.807) is 6.07 Å². The minimum absolute atomic E-state index is 0. The summed E-state index contributed by atoms with van der Waals surface area (Å²) < 4.78 is 15.6. The van der Waals surface area contributed by atoms with Gasteiger partial charge in [0.25, 0.3) is 5.56 Å². The van der Waals surface area contributed by atoms with E-state index in [-0.39, 0.29) is 29.1 Å². The van der Waals surface area contributed by atoms with Crippen molar-refractivity contribution in [3.05, 3.63) is 60.6 Å². The third-order valence-electron chi connectivity index (χ3n) is 3.76. The fourth-order valence-corrected chi connectivity index (χ4v) is 2.92. The zero-order valence-corrected chi connectivity index (χ0v) is 15.3. The largest absolute Gasteiger partial charge is 0.328 e. The number of amides is 1. The summed E-state index contributed by atoms with van der Waals surface area (Å²) in [5.41, 5.74) is 0.256.